The van der Waals surface area contributed by atoms with E-state index in [1.54, 1.807) is 30.1 Å². The number of nitrogens with zero attached hydrogens (tertiary/aromatic N) is 1. The van der Waals surface area contributed by atoms with Crippen molar-refractivity contribution in [1.82, 2.24) is 4.98 Å². The van der Waals surface area contributed by atoms with Gasteiger partial charge in [0.25, 0.3) is 0 Å². The van der Waals surface area contributed by atoms with Gasteiger partial charge in [-0.3, -0.25) is 0 Å². The second kappa shape index (κ2) is 5.92. The van der Waals surface area contributed by atoms with Crippen LogP contribution in [0, 0.1) is 5.82 Å². The van der Waals surface area contributed by atoms with Crippen LogP contribution in [0.2, 0.25) is 0 Å². The number of aromatic nitrogens is 1. The highest BCUT2D eigenvalue weighted by Crippen LogP contribution is 2.25. The summed E-state index contributed by atoms with van der Waals surface area (Å²) in [5.74, 6) is 1.83. The van der Waals surface area contributed by atoms with Crippen molar-refractivity contribution in [2.45, 2.75) is 10.6 Å². The number of hydrogen-bond acceptors (Lipinski definition) is 3. The van der Waals surface area contributed by atoms with Gasteiger partial charge in [0.05, 0.1) is 11.9 Å². The molecule has 0 aliphatic heterocycles. The molecule has 0 atom stereocenters. The quantitative estimate of drug-likeness (QED) is 0.646. The van der Waals surface area contributed by atoms with E-state index in [1.165, 1.54) is 12.1 Å². The van der Waals surface area contributed by atoms with Crippen molar-refractivity contribution in [3.05, 3.63) is 72.5 Å². The summed E-state index contributed by atoms with van der Waals surface area (Å²) in [6.45, 7) is 0. The molecular formula is C16H12FNOS. The molecular weight excluding hydrogens is 273 g/mol. The molecule has 0 bridgehead atoms. The molecule has 0 aliphatic rings. The average Bonchev–Trinajstić information content (AvgIpc) is 2.97. The zero-order chi connectivity index (χ0) is 13.8. The second-order valence-corrected chi connectivity index (χ2v) is 5.28. The first-order chi connectivity index (χ1) is 9.81. The van der Waals surface area contributed by atoms with Crippen LogP contribution in [0.25, 0.3) is 11.3 Å². The molecule has 2 nitrogen and oxygen atoms in total. The van der Waals surface area contributed by atoms with E-state index in [4.69, 9.17) is 4.42 Å². The first-order valence-electron chi connectivity index (χ1n) is 6.20. The minimum Gasteiger partial charge on any atom is -0.440 e. The lowest BCUT2D eigenvalue weighted by molar-refractivity contribution is 0.530. The Labute approximate surface area is 120 Å². The first kappa shape index (κ1) is 12.9. The number of oxazole rings is 1. The van der Waals surface area contributed by atoms with E-state index >= 15 is 0 Å². The molecule has 3 aromatic rings. The molecule has 20 heavy (non-hydrogen) atoms. The van der Waals surface area contributed by atoms with E-state index in [0.29, 0.717) is 11.6 Å². The van der Waals surface area contributed by atoms with Gasteiger partial charge in [-0.2, -0.15) is 0 Å². The molecule has 0 radical (unpaired) electrons. The molecule has 3 rings (SSSR count). The average molecular weight is 285 g/mol. The Bertz CT molecular complexity index is 679. The fourth-order valence-electron chi connectivity index (χ4n) is 1.79. The summed E-state index contributed by atoms with van der Waals surface area (Å²) in [6.07, 6.45) is 1.73. The number of rotatable bonds is 4. The van der Waals surface area contributed by atoms with Gasteiger partial charge < -0.3 is 4.42 Å². The number of thioether (sulfide) groups is 1. The minimum atomic E-state index is -0.225. The van der Waals surface area contributed by atoms with Crippen molar-refractivity contribution in [3.63, 3.8) is 0 Å². The van der Waals surface area contributed by atoms with Gasteiger partial charge in [0.1, 0.15) is 5.82 Å². The largest absolute Gasteiger partial charge is 0.440 e. The summed E-state index contributed by atoms with van der Waals surface area (Å²) < 4.78 is 18.5. The number of halogens is 1. The predicted octanol–water partition coefficient (Wildman–Crippen LogP) is 4.77. The molecule has 0 fully saturated rings. The third-order valence-corrected chi connectivity index (χ3v) is 3.78. The van der Waals surface area contributed by atoms with Crippen molar-refractivity contribution in [2.24, 2.45) is 0 Å². The van der Waals surface area contributed by atoms with Crippen LogP contribution < -0.4 is 0 Å². The van der Waals surface area contributed by atoms with Crippen LogP contribution in [0.5, 0.6) is 0 Å². The summed E-state index contributed by atoms with van der Waals surface area (Å²) in [7, 11) is 0. The van der Waals surface area contributed by atoms with Gasteiger partial charge in [0, 0.05) is 10.5 Å². The van der Waals surface area contributed by atoms with E-state index in [1.807, 2.05) is 30.3 Å². The Kier molecular flexibility index (Phi) is 3.83. The maximum Gasteiger partial charge on any atom is 0.205 e. The highest BCUT2D eigenvalue weighted by Gasteiger charge is 2.06. The van der Waals surface area contributed by atoms with Crippen molar-refractivity contribution in [1.29, 1.82) is 0 Å². The maximum absolute atomic E-state index is 12.8. The van der Waals surface area contributed by atoms with Gasteiger partial charge in [0.2, 0.25) is 5.89 Å². The van der Waals surface area contributed by atoms with E-state index in [9.17, 15) is 4.39 Å². The van der Waals surface area contributed by atoms with Gasteiger partial charge in [-0.25, -0.2) is 9.37 Å². The Hall–Kier alpha value is -2.07. The van der Waals surface area contributed by atoms with Crippen LogP contribution in [0.3, 0.4) is 0 Å². The monoisotopic (exact) mass is 285 g/mol. The molecule has 0 unspecified atom stereocenters. The molecule has 0 aliphatic carbocycles. The Morgan fingerprint density at radius 1 is 1.00 bits per heavy atom. The van der Waals surface area contributed by atoms with Crippen LogP contribution in [-0.4, -0.2) is 4.98 Å². The third kappa shape index (κ3) is 3.08. The lowest BCUT2D eigenvalue weighted by Gasteiger charge is -1.98. The topological polar surface area (TPSA) is 26.0 Å². The molecule has 2 aromatic carbocycles. The Balaban J connectivity index is 1.67. The van der Waals surface area contributed by atoms with Gasteiger partial charge in [0.15, 0.2) is 5.76 Å². The summed E-state index contributed by atoms with van der Waals surface area (Å²) in [6, 6.07) is 16.3. The van der Waals surface area contributed by atoms with Crippen molar-refractivity contribution < 1.29 is 8.81 Å². The van der Waals surface area contributed by atoms with E-state index in [-0.39, 0.29) is 5.82 Å². The standard InChI is InChI=1S/C16H12FNOS/c17-13-6-8-14(9-7-13)20-11-16-18-10-15(19-16)12-4-2-1-3-5-12/h1-10H,11H2. The van der Waals surface area contributed by atoms with Crippen LogP contribution in [0.1, 0.15) is 5.89 Å². The summed E-state index contributed by atoms with van der Waals surface area (Å²) in [5.41, 5.74) is 1.01. The zero-order valence-corrected chi connectivity index (χ0v) is 11.4. The van der Waals surface area contributed by atoms with Crippen LogP contribution in [-0.2, 0) is 5.75 Å². The fourth-order valence-corrected chi connectivity index (χ4v) is 2.54. The highest BCUT2D eigenvalue weighted by molar-refractivity contribution is 7.98. The van der Waals surface area contributed by atoms with Gasteiger partial charge in [-0.05, 0) is 24.3 Å². The van der Waals surface area contributed by atoms with Crippen molar-refractivity contribution >= 4 is 11.8 Å². The minimum absolute atomic E-state index is 0.225. The van der Waals surface area contributed by atoms with Crippen molar-refractivity contribution in [2.75, 3.05) is 0 Å². The fraction of sp³-hybridized carbons (Fsp3) is 0.0625. The summed E-state index contributed by atoms with van der Waals surface area (Å²) >= 11 is 1.57. The van der Waals surface area contributed by atoms with Crippen LogP contribution >= 0.6 is 11.8 Å². The first-order valence-corrected chi connectivity index (χ1v) is 7.18. The normalized spacial score (nSPS) is 10.7. The van der Waals surface area contributed by atoms with Gasteiger partial charge in [-0.1, -0.05) is 30.3 Å². The highest BCUT2D eigenvalue weighted by atomic mass is 32.2. The molecule has 0 saturated heterocycles. The van der Waals surface area contributed by atoms with Crippen LogP contribution in [0.4, 0.5) is 4.39 Å². The van der Waals surface area contributed by atoms with Gasteiger partial charge >= 0.3 is 0 Å². The molecule has 4 heteroatoms. The lowest BCUT2D eigenvalue weighted by Crippen LogP contribution is -1.80. The lowest BCUT2D eigenvalue weighted by atomic mass is 10.2. The van der Waals surface area contributed by atoms with Gasteiger partial charge in [-0.15, -0.1) is 11.8 Å². The molecule has 0 spiro atoms. The van der Waals surface area contributed by atoms with E-state index < -0.39 is 0 Å². The smallest absolute Gasteiger partial charge is 0.205 e. The summed E-state index contributed by atoms with van der Waals surface area (Å²) in [5, 5.41) is 0. The third-order valence-electron chi connectivity index (χ3n) is 2.79. The second-order valence-electron chi connectivity index (χ2n) is 4.23. The molecule has 100 valence electrons. The van der Waals surface area contributed by atoms with Crippen LogP contribution in [0.15, 0.2) is 70.1 Å². The predicted molar refractivity (Wildman–Crippen MR) is 77.9 cm³/mol. The Morgan fingerprint density at radius 2 is 1.75 bits per heavy atom. The SMILES string of the molecule is Fc1ccc(SCc2ncc(-c3ccccc3)o2)cc1. The number of hydrogen-bond donors (Lipinski definition) is 0. The maximum atomic E-state index is 12.8. The molecule has 0 saturated carbocycles. The van der Waals surface area contributed by atoms with Crippen molar-refractivity contribution in [3.8, 4) is 11.3 Å². The van der Waals surface area contributed by atoms with E-state index in [0.717, 1.165) is 16.2 Å². The number of benzene rings is 2. The molecule has 1 heterocycles. The Morgan fingerprint density at radius 3 is 2.50 bits per heavy atom. The van der Waals surface area contributed by atoms with E-state index in [2.05, 4.69) is 4.98 Å². The molecule has 1 aromatic heterocycles. The zero-order valence-electron chi connectivity index (χ0n) is 10.6. The summed E-state index contributed by atoms with van der Waals surface area (Å²) in [4.78, 5) is 5.26. The molecule has 0 N–H and O–H groups in total. The molecule has 0 amide bonds.